The van der Waals surface area contributed by atoms with Crippen LogP contribution in [0.2, 0.25) is 0 Å². The van der Waals surface area contributed by atoms with Gasteiger partial charge in [0.2, 0.25) is 0 Å². The highest BCUT2D eigenvalue weighted by atomic mass is 16.5. The molecule has 2 aromatic carbocycles. The number of para-hydroxylation sites is 1. The SMILES string of the molecule is CC(N)CN1CCc2cccc(OCc3ccccc3)c21. The number of nitrogens with zero attached hydrogens (tertiary/aromatic N) is 1. The molecule has 2 aromatic rings. The van der Waals surface area contributed by atoms with Gasteiger partial charge in [0.1, 0.15) is 12.4 Å². The molecule has 0 spiro atoms. The van der Waals surface area contributed by atoms with Crippen LogP contribution in [0.25, 0.3) is 0 Å². The van der Waals surface area contributed by atoms with E-state index in [0.29, 0.717) is 6.61 Å². The van der Waals surface area contributed by atoms with Crippen molar-refractivity contribution in [2.24, 2.45) is 5.73 Å². The lowest BCUT2D eigenvalue weighted by molar-refractivity contribution is 0.306. The van der Waals surface area contributed by atoms with Gasteiger partial charge in [-0.15, -0.1) is 0 Å². The molecule has 0 aromatic heterocycles. The topological polar surface area (TPSA) is 38.5 Å². The Morgan fingerprint density at radius 1 is 1.14 bits per heavy atom. The van der Waals surface area contributed by atoms with Gasteiger partial charge in [0.05, 0.1) is 5.69 Å². The maximum atomic E-state index is 6.06. The summed E-state index contributed by atoms with van der Waals surface area (Å²) in [7, 11) is 0. The molecule has 21 heavy (non-hydrogen) atoms. The molecule has 1 aliphatic heterocycles. The first kappa shape index (κ1) is 14.0. The summed E-state index contributed by atoms with van der Waals surface area (Å²) in [6.07, 6.45) is 1.07. The lowest BCUT2D eigenvalue weighted by Crippen LogP contribution is -2.34. The van der Waals surface area contributed by atoms with Crippen molar-refractivity contribution >= 4 is 5.69 Å². The zero-order chi connectivity index (χ0) is 14.7. The van der Waals surface area contributed by atoms with Gasteiger partial charge in [-0.25, -0.2) is 0 Å². The fourth-order valence-corrected chi connectivity index (χ4v) is 2.88. The monoisotopic (exact) mass is 282 g/mol. The van der Waals surface area contributed by atoms with Crippen LogP contribution >= 0.6 is 0 Å². The fourth-order valence-electron chi connectivity index (χ4n) is 2.88. The minimum absolute atomic E-state index is 0.165. The van der Waals surface area contributed by atoms with Crippen LogP contribution in [-0.4, -0.2) is 19.1 Å². The second kappa shape index (κ2) is 6.19. The summed E-state index contributed by atoms with van der Waals surface area (Å²) in [5, 5.41) is 0. The van der Waals surface area contributed by atoms with Crippen LogP contribution < -0.4 is 15.4 Å². The van der Waals surface area contributed by atoms with Crippen molar-refractivity contribution in [3.8, 4) is 5.75 Å². The fraction of sp³-hybridized carbons (Fsp3) is 0.333. The summed E-state index contributed by atoms with van der Waals surface area (Å²) in [5.41, 5.74) is 9.74. The molecule has 0 amide bonds. The lowest BCUT2D eigenvalue weighted by Gasteiger charge is -2.24. The Morgan fingerprint density at radius 2 is 1.95 bits per heavy atom. The molecule has 1 unspecified atom stereocenters. The molecular weight excluding hydrogens is 260 g/mol. The van der Waals surface area contributed by atoms with E-state index in [4.69, 9.17) is 10.5 Å². The van der Waals surface area contributed by atoms with Crippen molar-refractivity contribution in [3.05, 3.63) is 59.7 Å². The highest BCUT2D eigenvalue weighted by Crippen LogP contribution is 2.37. The minimum Gasteiger partial charge on any atom is -0.487 e. The van der Waals surface area contributed by atoms with Crippen LogP contribution in [0.1, 0.15) is 18.1 Å². The summed E-state index contributed by atoms with van der Waals surface area (Å²) in [6, 6.07) is 16.8. The maximum Gasteiger partial charge on any atom is 0.143 e. The number of hydrogen-bond acceptors (Lipinski definition) is 3. The van der Waals surface area contributed by atoms with Crippen molar-refractivity contribution in [2.75, 3.05) is 18.0 Å². The van der Waals surface area contributed by atoms with Crippen molar-refractivity contribution in [1.29, 1.82) is 0 Å². The predicted octanol–water partition coefficient (Wildman–Crippen LogP) is 2.98. The van der Waals surface area contributed by atoms with E-state index in [1.807, 2.05) is 25.1 Å². The van der Waals surface area contributed by atoms with E-state index >= 15 is 0 Å². The molecule has 3 nitrogen and oxygen atoms in total. The van der Waals surface area contributed by atoms with Gasteiger partial charge in [-0.1, -0.05) is 42.5 Å². The van der Waals surface area contributed by atoms with Crippen molar-refractivity contribution in [2.45, 2.75) is 26.0 Å². The Labute approximate surface area is 126 Å². The molecule has 110 valence electrons. The molecule has 0 fully saturated rings. The zero-order valence-electron chi connectivity index (χ0n) is 12.5. The van der Waals surface area contributed by atoms with Gasteiger partial charge in [-0.05, 0) is 30.5 Å². The molecule has 1 heterocycles. The normalized spacial score (nSPS) is 14.9. The van der Waals surface area contributed by atoms with E-state index in [-0.39, 0.29) is 6.04 Å². The van der Waals surface area contributed by atoms with E-state index < -0.39 is 0 Å². The van der Waals surface area contributed by atoms with Gasteiger partial charge in [-0.2, -0.15) is 0 Å². The number of anilines is 1. The van der Waals surface area contributed by atoms with Gasteiger partial charge in [0.15, 0.2) is 0 Å². The minimum atomic E-state index is 0.165. The third-order valence-corrected chi connectivity index (χ3v) is 3.80. The van der Waals surface area contributed by atoms with Gasteiger partial charge >= 0.3 is 0 Å². The Morgan fingerprint density at radius 3 is 2.71 bits per heavy atom. The van der Waals surface area contributed by atoms with E-state index in [1.54, 1.807) is 0 Å². The van der Waals surface area contributed by atoms with Crippen LogP contribution in [0.3, 0.4) is 0 Å². The van der Waals surface area contributed by atoms with Crippen molar-refractivity contribution in [3.63, 3.8) is 0 Å². The summed E-state index contributed by atoms with van der Waals surface area (Å²) >= 11 is 0. The highest BCUT2D eigenvalue weighted by molar-refractivity contribution is 5.67. The lowest BCUT2D eigenvalue weighted by atomic mass is 10.1. The van der Waals surface area contributed by atoms with E-state index in [1.165, 1.54) is 16.8 Å². The molecule has 3 rings (SSSR count). The van der Waals surface area contributed by atoms with Crippen LogP contribution in [0.5, 0.6) is 5.75 Å². The molecule has 0 saturated heterocycles. The zero-order valence-corrected chi connectivity index (χ0v) is 12.5. The van der Waals surface area contributed by atoms with Crippen LogP contribution in [-0.2, 0) is 13.0 Å². The van der Waals surface area contributed by atoms with Crippen molar-refractivity contribution < 1.29 is 4.74 Å². The molecular formula is C18H22N2O. The largest absolute Gasteiger partial charge is 0.487 e. The van der Waals surface area contributed by atoms with Crippen LogP contribution in [0.15, 0.2) is 48.5 Å². The summed E-state index contributed by atoms with van der Waals surface area (Å²) < 4.78 is 6.06. The number of nitrogens with two attached hydrogens (primary N) is 1. The Kier molecular flexibility index (Phi) is 4.11. The highest BCUT2D eigenvalue weighted by Gasteiger charge is 2.23. The quantitative estimate of drug-likeness (QED) is 0.916. The molecule has 3 heteroatoms. The molecule has 2 N–H and O–H groups in total. The predicted molar refractivity (Wildman–Crippen MR) is 86.8 cm³/mol. The summed E-state index contributed by atoms with van der Waals surface area (Å²) in [4.78, 5) is 2.35. The van der Waals surface area contributed by atoms with Crippen LogP contribution in [0, 0.1) is 0 Å². The van der Waals surface area contributed by atoms with E-state index in [9.17, 15) is 0 Å². The smallest absolute Gasteiger partial charge is 0.143 e. The number of benzene rings is 2. The summed E-state index contributed by atoms with van der Waals surface area (Å²) in [6.45, 7) is 4.55. The second-order valence-electron chi connectivity index (χ2n) is 5.71. The third-order valence-electron chi connectivity index (χ3n) is 3.80. The third kappa shape index (κ3) is 3.19. The van der Waals surface area contributed by atoms with E-state index in [2.05, 4.69) is 35.2 Å². The number of fused-ring (bicyclic) bond motifs is 1. The first-order valence-corrected chi connectivity index (χ1v) is 7.53. The molecule has 0 aliphatic carbocycles. The Balaban J connectivity index is 1.79. The molecule has 1 aliphatic rings. The first-order chi connectivity index (χ1) is 10.2. The maximum absolute atomic E-state index is 6.06. The number of ether oxygens (including phenoxy) is 1. The van der Waals surface area contributed by atoms with Gasteiger partial charge in [-0.3, -0.25) is 0 Å². The van der Waals surface area contributed by atoms with Crippen molar-refractivity contribution in [1.82, 2.24) is 0 Å². The molecule has 1 atom stereocenters. The van der Waals surface area contributed by atoms with Gasteiger partial charge in [0.25, 0.3) is 0 Å². The Hall–Kier alpha value is -2.00. The number of hydrogen-bond donors (Lipinski definition) is 1. The standard InChI is InChI=1S/C18H22N2O/c1-14(19)12-20-11-10-16-8-5-9-17(18(16)20)21-13-15-6-3-2-4-7-15/h2-9,14H,10-13,19H2,1H3. The first-order valence-electron chi connectivity index (χ1n) is 7.53. The Bertz CT molecular complexity index is 595. The average molecular weight is 282 g/mol. The number of rotatable bonds is 5. The average Bonchev–Trinajstić information content (AvgIpc) is 2.89. The second-order valence-corrected chi connectivity index (χ2v) is 5.71. The van der Waals surface area contributed by atoms with Gasteiger partial charge < -0.3 is 15.4 Å². The molecule has 0 radical (unpaired) electrons. The summed E-state index contributed by atoms with van der Waals surface area (Å²) in [5.74, 6) is 0.967. The molecule has 0 bridgehead atoms. The van der Waals surface area contributed by atoms with Crippen LogP contribution in [0.4, 0.5) is 5.69 Å². The van der Waals surface area contributed by atoms with Gasteiger partial charge in [0, 0.05) is 19.1 Å². The molecule has 0 saturated carbocycles. The van der Waals surface area contributed by atoms with E-state index in [0.717, 1.165) is 25.3 Å².